The summed E-state index contributed by atoms with van der Waals surface area (Å²) in [7, 11) is 0. The minimum atomic E-state index is -0.568. The van der Waals surface area contributed by atoms with Gasteiger partial charge in [-0.15, -0.1) is 0 Å². The van der Waals surface area contributed by atoms with Crippen molar-refractivity contribution in [2.24, 2.45) is 0 Å². The van der Waals surface area contributed by atoms with E-state index in [1.165, 1.54) is 0 Å². The normalized spacial score (nSPS) is 18.9. The third-order valence-corrected chi connectivity index (χ3v) is 6.11. The Bertz CT molecular complexity index is 971. The van der Waals surface area contributed by atoms with Crippen molar-refractivity contribution in [3.8, 4) is 0 Å². The first-order valence-electron chi connectivity index (χ1n) is 10.6. The average molecular weight is 486 g/mol. The third kappa shape index (κ3) is 4.87. The summed E-state index contributed by atoms with van der Waals surface area (Å²) < 4.78 is 6.58. The van der Waals surface area contributed by atoms with E-state index in [4.69, 9.17) is 4.74 Å². The lowest BCUT2D eigenvalue weighted by atomic mass is 10.1. The third-order valence-electron chi connectivity index (χ3n) is 5.58. The van der Waals surface area contributed by atoms with Gasteiger partial charge in [0.15, 0.2) is 0 Å². The smallest absolute Gasteiger partial charge is 0.410 e. The lowest BCUT2D eigenvalue weighted by molar-refractivity contribution is -0.134. The highest BCUT2D eigenvalue weighted by atomic mass is 79.9. The number of piperazine rings is 1. The predicted octanol–water partition coefficient (Wildman–Crippen LogP) is 4.42. The second-order valence-corrected chi connectivity index (χ2v) is 10.0. The molecule has 2 aliphatic rings. The van der Waals surface area contributed by atoms with E-state index in [0.717, 1.165) is 21.3 Å². The summed E-state index contributed by atoms with van der Waals surface area (Å²) in [5, 5.41) is 0. The molecule has 6 nitrogen and oxygen atoms in total. The molecule has 0 aliphatic carbocycles. The summed E-state index contributed by atoms with van der Waals surface area (Å²) in [5.41, 5.74) is 2.70. The Kier molecular flexibility index (Phi) is 5.97. The van der Waals surface area contributed by atoms with Crippen molar-refractivity contribution in [2.45, 2.75) is 45.5 Å². The van der Waals surface area contributed by atoms with Crippen molar-refractivity contribution in [1.82, 2.24) is 9.80 Å². The molecule has 0 saturated carbocycles. The van der Waals surface area contributed by atoms with E-state index in [0.29, 0.717) is 32.7 Å². The van der Waals surface area contributed by atoms with Crippen LogP contribution in [0.3, 0.4) is 0 Å². The number of para-hydroxylation sites is 1. The standard InChI is InChI=1S/C24H28BrN3O3/c1-24(2,3)31-23(30)26-12-13-28-20-7-5-4-6-18(20)15-27(22(29)21(28)16-26)14-17-8-10-19(25)11-9-17/h4-11,21H,12-16H2,1-3H3. The van der Waals surface area contributed by atoms with Crippen LogP contribution in [0, 0.1) is 0 Å². The van der Waals surface area contributed by atoms with Gasteiger partial charge in [0.2, 0.25) is 5.91 Å². The van der Waals surface area contributed by atoms with Crippen LogP contribution in [0.15, 0.2) is 53.0 Å². The van der Waals surface area contributed by atoms with Gasteiger partial charge >= 0.3 is 6.09 Å². The lowest BCUT2D eigenvalue weighted by Gasteiger charge is -2.42. The highest BCUT2D eigenvalue weighted by Crippen LogP contribution is 2.31. The Hall–Kier alpha value is -2.54. The molecule has 0 bridgehead atoms. The molecule has 0 aromatic heterocycles. The molecular weight excluding hydrogens is 458 g/mol. The van der Waals surface area contributed by atoms with Crippen molar-refractivity contribution in [1.29, 1.82) is 0 Å². The van der Waals surface area contributed by atoms with Gasteiger partial charge < -0.3 is 19.4 Å². The first-order valence-corrected chi connectivity index (χ1v) is 11.4. The van der Waals surface area contributed by atoms with E-state index in [-0.39, 0.29) is 12.0 Å². The highest BCUT2D eigenvalue weighted by Gasteiger charge is 2.40. The van der Waals surface area contributed by atoms with Gasteiger partial charge in [-0.05, 0) is 50.1 Å². The van der Waals surface area contributed by atoms with Crippen LogP contribution >= 0.6 is 15.9 Å². The number of nitrogens with zero attached hydrogens (tertiary/aromatic N) is 3. The van der Waals surface area contributed by atoms with E-state index in [9.17, 15) is 9.59 Å². The van der Waals surface area contributed by atoms with E-state index < -0.39 is 11.6 Å². The molecule has 1 atom stereocenters. The van der Waals surface area contributed by atoms with Gasteiger partial charge in [-0.3, -0.25) is 4.79 Å². The van der Waals surface area contributed by atoms with Crippen molar-refractivity contribution < 1.29 is 14.3 Å². The van der Waals surface area contributed by atoms with Crippen molar-refractivity contribution >= 4 is 33.6 Å². The molecule has 1 unspecified atom stereocenters. The molecule has 31 heavy (non-hydrogen) atoms. The summed E-state index contributed by atoms with van der Waals surface area (Å²) in [5.74, 6) is 0.0346. The fourth-order valence-corrected chi connectivity index (χ4v) is 4.40. The van der Waals surface area contributed by atoms with Crippen LogP contribution in [0.2, 0.25) is 0 Å². The van der Waals surface area contributed by atoms with E-state index in [2.05, 4.69) is 33.0 Å². The quantitative estimate of drug-likeness (QED) is 0.631. The largest absolute Gasteiger partial charge is 0.444 e. The Morgan fingerprint density at radius 3 is 2.52 bits per heavy atom. The molecule has 2 amide bonds. The van der Waals surface area contributed by atoms with Gasteiger partial charge in [0, 0.05) is 36.3 Å². The van der Waals surface area contributed by atoms with Crippen molar-refractivity contribution in [3.63, 3.8) is 0 Å². The predicted molar refractivity (Wildman–Crippen MR) is 124 cm³/mol. The number of carbonyl (C=O) groups is 2. The van der Waals surface area contributed by atoms with E-state index in [1.807, 2.05) is 62.1 Å². The number of anilines is 1. The summed E-state index contributed by atoms with van der Waals surface area (Å²) in [6, 6.07) is 15.8. The Morgan fingerprint density at radius 2 is 1.81 bits per heavy atom. The maximum absolute atomic E-state index is 13.7. The Labute approximate surface area is 191 Å². The molecule has 0 radical (unpaired) electrons. The van der Waals surface area contributed by atoms with Crippen LogP contribution < -0.4 is 4.90 Å². The van der Waals surface area contributed by atoms with E-state index >= 15 is 0 Å². The summed E-state index contributed by atoms with van der Waals surface area (Å²) in [6.45, 7) is 8.08. The molecule has 1 fully saturated rings. The zero-order chi connectivity index (χ0) is 22.2. The Morgan fingerprint density at radius 1 is 1.10 bits per heavy atom. The van der Waals surface area contributed by atoms with Crippen LogP contribution in [0.5, 0.6) is 0 Å². The molecule has 2 aliphatic heterocycles. The van der Waals surface area contributed by atoms with Crippen LogP contribution in [0.4, 0.5) is 10.5 Å². The molecule has 0 N–H and O–H groups in total. The molecule has 7 heteroatoms. The van der Waals surface area contributed by atoms with Crippen LogP contribution in [0.25, 0.3) is 0 Å². The van der Waals surface area contributed by atoms with Crippen molar-refractivity contribution in [2.75, 3.05) is 24.5 Å². The molecule has 164 valence electrons. The number of ether oxygens (including phenoxy) is 1. The van der Waals surface area contributed by atoms with Gasteiger partial charge in [-0.25, -0.2) is 4.79 Å². The minimum absolute atomic E-state index is 0.0346. The summed E-state index contributed by atoms with van der Waals surface area (Å²) in [4.78, 5) is 32.1. The number of halogens is 1. The topological polar surface area (TPSA) is 53.1 Å². The maximum atomic E-state index is 13.7. The number of benzene rings is 2. The zero-order valence-corrected chi connectivity index (χ0v) is 19.8. The maximum Gasteiger partial charge on any atom is 0.410 e. The van der Waals surface area contributed by atoms with Crippen LogP contribution in [0.1, 0.15) is 31.9 Å². The fraction of sp³-hybridized carbons (Fsp3) is 0.417. The van der Waals surface area contributed by atoms with Gasteiger partial charge in [-0.2, -0.15) is 0 Å². The number of rotatable bonds is 2. The molecule has 2 aromatic rings. The molecule has 1 saturated heterocycles. The summed E-state index contributed by atoms with van der Waals surface area (Å²) >= 11 is 3.47. The number of amides is 2. The van der Waals surface area contributed by atoms with Gasteiger partial charge in [-0.1, -0.05) is 46.3 Å². The number of carbonyl (C=O) groups excluding carboxylic acids is 2. The van der Waals surface area contributed by atoms with E-state index in [1.54, 1.807) is 4.90 Å². The van der Waals surface area contributed by atoms with Crippen LogP contribution in [-0.2, 0) is 22.6 Å². The van der Waals surface area contributed by atoms with Crippen LogP contribution in [-0.4, -0.2) is 53.1 Å². The Balaban J connectivity index is 1.62. The average Bonchev–Trinajstić information content (AvgIpc) is 2.83. The summed E-state index contributed by atoms with van der Waals surface area (Å²) in [6.07, 6.45) is -0.364. The van der Waals surface area contributed by atoms with Crippen molar-refractivity contribution in [3.05, 3.63) is 64.1 Å². The number of hydrogen-bond acceptors (Lipinski definition) is 4. The first kappa shape index (κ1) is 21.7. The number of hydrogen-bond donors (Lipinski definition) is 0. The van der Waals surface area contributed by atoms with Gasteiger partial charge in [0.25, 0.3) is 0 Å². The molecule has 0 spiro atoms. The molecule has 2 heterocycles. The van der Waals surface area contributed by atoms with Gasteiger partial charge in [0.05, 0.1) is 6.54 Å². The second-order valence-electron chi connectivity index (χ2n) is 9.09. The fourth-order valence-electron chi connectivity index (χ4n) is 4.14. The SMILES string of the molecule is CC(C)(C)OC(=O)N1CCN2c3ccccc3CN(Cc3ccc(Br)cc3)C(=O)C2C1. The van der Waals surface area contributed by atoms with Gasteiger partial charge in [0.1, 0.15) is 11.6 Å². The molecule has 4 rings (SSSR count). The molecular formula is C24H28BrN3O3. The minimum Gasteiger partial charge on any atom is -0.444 e. The molecule has 2 aromatic carbocycles. The monoisotopic (exact) mass is 485 g/mol. The zero-order valence-electron chi connectivity index (χ0n) is 18.2. The lowest BCUT2D eigenvalue weighted by Crippen LogP contribution is -2.60. The second kappa shape index (κ2) is 8.54. The first-order chi connectivity index (χ1) is 14.7. The number of fused-ring (bicyclic) bond motifs is 3. The highest BCUT2D eigenvalue weighted by molar-refractivity contribution is 9.10.